The van der Waals surface area contributed by atoms with Crippen LogP contribution in [-0.2, 0) is 20.7 Å². The van der Waals surface area contributed by atoms with Crippen molar-refractivity contribution in [2.24, 2.45) is 5.92 Å². The second-order valence-electron chi connectivity index (χ2n) is 9.11. The highest BCUT2D eigenvalue weighted by Gasteiger charge is 2.24. The van der Waals surface area contributed by atoms with Gasteiger partial charge in [-0.25, -0.2) is 4.98 Å². The van der Waals surface area contributed by atoms with E-state index in [1.807, 2.05) is 0 Å². The average Bonchev–Trinajstić information content (AvgIpc) is 3.55. The number of amides is 3. The molecule has 3 amide bonds. The molecule has 3 heterocycles. The molecule has 0 spiro atoms. The summed E-state index contributed by atoms with van der Waals surface area (Å²) in [5.41, 5.74) is 1.66. The topological polar surface area (TPSA) is 113 Å². The Morgan fingerprint density at radius 3 is 2.72 bits per heavy atom. The van der Waals surface area contributed by atoms with Crippen LogP contribution in [0.5, 0.6) is 0 Å². The largest absolute Gasteiger partial charge is 0.383 e. The lowest BCUT2D eigenvalue weighted by Gasteiger charge is -2.27. The molecule has 0 unspecified atom stereocenters. The van der Waals surface area contributed by atoms with E-state index >= 15 is 0 Å². The first-order valence-corrected chi connectivity index (χ1v) is 13.1. The van der Waals surface area contributed by atoms with E-state index in [1.165, 1.54) is 11.3 Å². The molecule has 2 N–H and O–H groups in total. The summed E-state index contributed by atoms with van der Waals surface area (Å²) < 4.78 is 10.3. The molecular formula is C25H33N5O5S. The van der Waals surface area contributed by atoms with Crippen molar-refractivity contribution in [1.29, 1.82) is 0 Å². The summed E-state index contributed by atoms with van der Waals surface area (Å²) in [6.45, 7) is 6.93. The van der Waals surface area contributed by atoms with E-state index < -0.39 is 0 Å². The third kappa shape index (κ3) is 6.59. The minimum absolute atomic E-state index is 0.0212. The summed E-state index contributed by atoms with van der Waals surface area (Å²) >= 11 is 1.44. The molecule has 36 heavy (non-hydrogen) atoms. The van der Waals surface area contributed by atoms with Gasteiger partial charge >= 0.3 is 0 Å². The van der Waals surface area contributed by atoms with Crippen molar-refractivity contribution in [3.63, 3.8) is 0 Å². The molecule has 2 aromatic rings. The van der Waals surface area contributed by atoms with E-state index in [4.69, 9.17) is 9.47 Å². The molecule has 1 aromatic carbocycles. The van der Waals surface area contributed by atoms with E-state index in [2.05, 4.69) is 27.4 Å². The zero-order valence-corrected chi connectivity index (χ0v) is 21.6. The van der Waals surface area contributed by atoms with Crippen LogP contribution in [-0.4, -0.2) is 87.3 Å². The number of hydrogen-bond donors (Lipinski definition) is 2. The number of aromatic nitrogens is 1. The molecule has 10 nitrogen and oxygen atoms in total. The second kappa shape index (κ2) is 12.3. The Balaban J connectivity index is 1.49. The number of rotatable bonds is 9. The van der Waals surface area contributed by atoms with Crippen LogP contribution in [0.3, 0.4) is 0 Å². The Hall–Kier alpha value is -3.02. The van der Waals surface area contributed by atoms with E-state index in [1.54, 1.807) is 35.6 Å². The normalized spacial score (nSPS) is 17.8. The zero-order chi connectivity index (χ0) is 25.5. The van der Waals surface area contributed by atoms with Crippen molar-refractivity contribution in [1.82, 2.24) is 15.2 Å². The number of nitrogens with one attached hydrogen (secondary N) is 2. The highest BCUT2D eigenvalue weighted by atomic mass is 32.1. The summed E-state index contributed by atoms with van der Waals surface area (Å²) in [6.07, 6.45) is 1.28. The maximum atomic E-state index is 13.0. The first kappa shape index (κ1) is 26.1. The molecule has 0 bridgehead atoms. The predicted octanol–water partition coefficient (Wildman–Crippen LogP) is 2.02. The number of benzene rings is 1. The SMILES string of the molecule is COCCNC(=O)c1cc(CC(=O)N2CCOCC2)ccc1NC(=O)c1csc(N2CC[C@H](C)C2)n1. The van der Waals surface area contributed by atoms with E-state index in [0.717, 1.165) is 24.6 Å². The molecular weight excluding hydrogens is 482 g/mol. The van der Waals surface area contributed by atoms with E-state index in [0.29, 0.717) is 62.3 Å². The summed E-state index contributed by atoms with van der Waals surface area (Å²) in [4.78, 5) is 47.1. The Bertz CT molecular complexity index is 1080. The third-order valence-corrected chi connectivity index (χ3v) is 7.21. The lowest BCUT2D eigenvalue weighted by atomic mass is 10.0. The van der Waals surface area contributed by atoms with Crippen LogP contribution >= 0.6 is 11.3 Å². The fourth-order valence-electron chi connectivity index (χ4n) is 4.27. The Morgan fingerprint density at radius 1 is 1.19 bits per heavy atom. The van der Waals surface area contributed by atoms with E-state index in [-0.39, 0.29) is 29.7 Å². The minimum atomic E-state index is -0.382. The number of methoxy groups -OCH3 is 1. The molecule has 2 aliphatic heterocycles. The molecule has 1 atom stereocenters. The molecule has 2 aliphatic rings. The van der Waals surface area contributed by atoms with Crippen molar-refractivity contribution in [2.45, 2.75) is 19.8 Å². The lowest BCUT2D eigenvalue weighted by molar-refractivity contribution is -0.134. The molecule has 2 fully saturated rings. The van der Waals surface area contributed by atoms with Gasteiger partial charge in [-0.3, -0.25) is 14.4 Å². The van der Waals surface area contributed by atoms with Gasteiger partial charge < -0.3 is 29.9 Å². The van der Waals surface area contributed by atoms with Crippen molar-refractivity contribution in [3.05, 3.63) is 40.4 Å². The van der Waals surface area contributed by atoms with Gasteiger partial charge in [0.15, 0.2) is 5.13 Å². The Kier molecular flexibility index (Phi) is 8.89. The smallest absolute Gasteiger partial charge is 0.275 e. The summed E-state index contributed by atoms with van der Waals surface area (Å²) in [7, 11) is 1.56. The summed E-state index contributed by atoms with van der Waals surface area (Å²) in [5.74, 6) is -0.146. The van der Waals surface area contributed by atoms with Crippen LogP contribution in [0.25, 0.3) is 0 Å². The number of carbonyl (C=O) groups excluding carboxylic acids is 3. The van der Waals surface area contributed by atoms with Crippen LogP contribution in [0.4, 0.5) is 10.8 Å². The van der Waals surface area contributed by atoms with Crippen LogP contribution in [0.15, 0.2) is 23.6 Å². The lowest BCUT2D eigenvalue weighted by Crippen LogP contribution is -2.41. The number of ether oxygens (including phenoxy) is 2. The van der Waals surface area contributed by atoms with Crippen LogP contribution in [0.2, 0.25) is 0 Å². The average molecular weight is 516 g/mol. The molecule has 0 aliphatic carbocycles. The number of morpholine rings is 1. The first-order valence-electron chi connectivity index (χ1n) is 12.2. The molecule has 194 valence electrons. The van der Waals surface area contributed by atoms with Gasteiger partial charge in [-0.05, 0) is 30.0 Å². The molecule has 0 radical (unpaired) electrons. The van der Waals surface area contributed by atoms with E-state index in [9.17, 15) is 14.4 Å². The molecule has 4 rings (SSSR count). The van der Waals surface area contributed by atoms with Gasteiger partial charge in [0.2, 0.25) is 5.91 Å². The van der Waals surface area contributed by atoms with Gasteiger partial charge in [0.1, 0.15) is 5.69 Å². The van der Waals surface area contributed by atoms with Crippen LogP contribution in [0, 0.1) is 5.92 Å². The fourth-order valence-corrected chi connectivity index (χ4v) is 5.11. The highest BCUT2D eigenvalue weighted by Crippen LogP contribution is 2.27. The molecule has 0 saturated carbocycles. The van der Waals surface area contributed by atoms with Gasteiger partial charge in [0.05, 0.1) is 37.5 Å². The summed E-state index contributed by atoms with van der Waals surface area (Å²) in [6, 6.07) is 5.09. The van der Waals surface area contributed by atoms with Crippen molar-refractivity contribution >= 4 is 39.9 Å². The Morgan fingerprint density at radius 2 is 2.00 bits per heavy atom. The zero-order valence-electron chi connectivity index (χ0n) is 20.7. The number of carbonyl (C=O) groups is 3. The van der Waals surface area contributed by atoms with Crippen LogP contribution < -0.4 is 15.5 Å². The Labute approximate surface area is 215 Å². The van der Waals surface area contributed by atoms with Crippen molar-refractivity contribution in [3.8, 4) is 0 Å². The quantitative estimate of drug-likeness (QED) is 0.491. The molecule has 2 saturated heterocycles. The van der Waals surface area contributed by atoms with Gasteiger partial charge in [0, 0.05) is 45.2 Å². The molecule has 1 aromatic heterocycles. The number of thiazole rings is 1. The third-order valence-electron chi connectivity index (χ3n) is 6.31. The minimum Gasteiger partial charge on any atom is -0.383 e. The number of anilines is 2. The highest BCUT2D eigenvalue weighted by molar-refractivity contribution is 7.14. The fraction of sp³-hybridized carbons (Fsp3) is 0.520. The van der Waals surface area contributed by atoms with Crippen LogP contribution in [0.1, 0.15) is 39.8 Å². The van der Waals surface area contributed by atoms with Gasteiger partial charge in [-0.15, -0.1) is 11.3 Å². The molecule has 11 heteroatoms. The number of nitrogens with zero attached hydrogens (tertiary/aromatic N) is 3. The standard InChI is InChI=1S/C25H33N5O5S/c1-17-5-7-30(15-17)25-28-21(16-36-25)24(33)27-20-4-3-18(13-19(20)23(32)26-6-10-34-2)14-22(31)29-8-11-35-12-9-29/h3-4,13,16-17H,5-12,14-15H2,1-2H3,(H,26,32)(H,27,33)/t17-/m0/s1. The van der Waals surface area contributed by atoms with Crippen molar-refractivity contribution in [2.75, 3.05) is 69.9 Å². The summed E-state index contributed by atoms with van der Waals surface area (Å²) in [5, 5.41) is 8.20. The monoisotopic (exact) mass is 515 g/mol. The van der Waals surface area contributed by atoms with Gasteiger partial charge in [-0.2, -0.15) is 0 Å². The number of hydrogen-bond acceptors (Lipinski definition) is 8. The maximum absolute atomic E-state index is 13.0. The predicted molar refractivity (Wildman–Crippen MR) is 138 cm³/mol. The van der Waals surface area contributed by atoms with Crippen molar-refractivity contribution < 1.29 is 23.9 Å². The first-order chi connectivity index (χ1) is 17.4. The van der Waals surface area contributed by atoms with Gasteiger partial charge in [0.25, 0.3) is 11.8 Å². The maximum Gasteiger partial charge on any atom is 0.275 e. The second-order valence-corrected chi connectivity index (χ2v) is 9.94. The van der Waals surface area contributed by atoms with Gasteiger partial charge in [-0.1, -0.05) is 13.0 Å².